The topological polar surface area (TPSA) is 48.0 Å². The van der Waals surface area contributed by atoms with Crippen LogP contribution in [0.2, 0.25) is 0 Å². The number of thioether (sulfide) groups is 1. The van der Waals surface area contributed by atoms with Crippen LogP contribution in [0.25, 0.3) is 10.9 Å². The van der Waals surface area contributed by atoms with Gasteiger partial charge in [-0.15, -0.1) is 11.8 Å². The summed E-state index contributed by atoms with van der Waals surface area (Å²) >= 11 is 1.65. The van der Waals surface area contributed by atoms with Crippen molar-refractivity contribution in [2.75, 3.05) is 19.3 Å². The van der Waals surface area contributed by atoms with Crippen LogP contribution in [0.1, 0.15) is 0 Å². The smallest absolute Gasteiger partial charge is 0.0758 e. The van der Waals surface area contributed by atoms with Crippen molar-refractivity contribution in [1.29, 1.82) is 0 Å². The van der Waals surface area contributed by atoms with Crippen molar-refractivity contribution in [3.05, 3.63) is 30.3 Å². The van der Waals surface area contributed by atoms with Gasteiger partial charge in [0.05, 0.1) is 11.1 Å². The molecule has 86 valence electrons. The fraction of sp³-hybridized carbons (Fsp3) is 0.333. The number of H-pyrrole nitrogens is 1. The van der Waals surface area contributed by atoms with E-state index in [0.717, 1.165) is 10.5 Å². The predicted molar refractivity (Wildman–Crippen MR) is 69.0 cm³/mol. The van der Waals surface area contributed by atoms with E-state index in [1.165, 1.54) is 5.39 Å². The first kappa shape index (κ1) is 11.5. The Morgan fingerprint density at radius 3 is 3.00 bits per heavy atom. The highest BCUT2D eigenvalue weighted by Crippen LogP contribution is 2.23. The van der Waals surface area contributed by atoms with E-state index < -0.39 is 0 Å². The SMILES string of the molecule is CNCC(O)CSc1cc2ccccc2[nH]1. The molecule has 0 amide bonds. The molecule has 0 aliphatic carbocycles. The second-order valence-electron chi connectivity index (χ2n) is 3.74. The molecule has 0 radical (unpaired) electrons. The quantitative estimate of drug-likeness (QED) is 0.694. The molecule has 1 atom stereocenters. The molecule has 0 spiro atoms. The predicted octanol–water partition coefficient (Wildman–Crippen LogP) is 1.84. The average molecular weight is 236 g/mol. The summed E-state index contributed by atoms with van der Waals surface area (Å²) in [6.45, 7) is 0.632. The maximum Gasteiger partial charge on any atom is 0.0758 e. The van der Waals surface area contributed by atoms with Crippen LogP contribution in [-0.2, 0) is 0 Å². The molecule has 3 N–H and O–H groups in total. The number of aromatic nitrogens is 1. The standard InChI is InChI=1S/C12H16N2OS/c1-13-7-10(15)8-16-12-6-9-4-2-3-5-11(9)14-12/h2-6,10,13-15H,7-8H2,1H3. The first-order valence-corrected chi connectivity index (χ1v) is 6.31. The normalized spacial score (nSPS) is 13.1. The van der Waals surface area contributed by atoms with Gasteiger partial charge < -0.3 is 15.4 Å². The molecule has 1 heterocycles. The summed E-state index contributed by atoms with van der Waals surface area (Å²) < 4.78 is 0. The van der Waals surface area contributed by atoms with E-state index >= 15 is 0 Å². The van der Waals surface area contributed by atoms with Crippen molar-refractivity contribution in [1.82, 2.24) is 10.3 Å². The number of hydrogen-bond acceptors (Lipinski definition) is 3. The molecule has 3 nitrogen and oxygen atoms in total. The molecular formula is C12H16N2OS. The Labute approximate surface area is 99.2 Å². The number of aliphatic hydroxyl groups excluding tert-OH is 1. The molecule has 16 heavy (non-hydrogen) atoms. The zero-order valence-electron chi connectivity index (χ0n) is 9.23. The number of aromatic amines is 1. The number of rotatable bonds is 5. The minimum absolute atomic E-state index is 0.304. The van der Waals surface area contributed by atoms with E-state index in [0.29, 0.717) is 12.3 Å². The summed E-state index contributed by atoms with van der Waals surface area (Å²) in [7, 11) is 1.84. The molecule has 0 saturated carbocycles. The van der Waals surface area contributed by atoms with Crippen LogP contribution < -0.4 is 5.32 Å². The number of nitrogens with one attached hydrogen (secondary N) is 2. The second-order valence-corrected chi connectivity index (χ2v) is 4.81. The molecule has 0 aliphatic rings. The van der Waals surface area contributed by atoms with Crippen molar-refractivity contribution in [3.8, 4) is 0 Å². The average Bonchev–Trinajstić information content (AvgIpc) is 2.69. The highest BCUT2D eigenvalue weighted by molar-refractivity contribution is 7.99. The number of para-hydroxylation sites is 1. The minimum Gasteiger partial charge on any atom is -0.391 e. The van der Waals surface area contributed by atoms with Crippen LogP contribution >= 0.6 is 11.8 Å². The summed E-state index contributed by atoms with van der Waals surface area (Å²) in [4.78, 5) is 3.32. The number of likely N-dealkylation sites (N-methyl/N-ethyl adjacent to an activating group) is 1. The summed E-state index contributed by atoms with van der Waals surface area (Å²) in [5, 5.41) is 14.9. The number of fused-ring (bicyclic) bond motifs is 1. The van der Waals surface area contributed by atoms with Crippen LogP contribution in [0.15, 0.2) is 35.4 Å². The molecule has 2 rings (SSSR count). The highest BCUT2D eigenvalue weighted by Gasteiger charge is 2.05. The fourth-order valence-corrected chi connectivity index (χ4v) is 2.49. The Kier molecular flexibility index (Phi) is 3.88. The van der Waals surface area contributed by atoms with Crippen LogP contribution in [0, 0.1) is 0 Å². The molecule has 1 aromatic heterocycles. The first-order valence-electron chi connectivity index (χ1n) is 5.33. The number of benzene rings is 1. The largest absolute Gasteiger partial charge is 0.391 e. The fourth-order valence-electron chi connectivity index (χ4n) is 1.61. The van der Waals surface area contributed by atoms with E-state index in [2.05, 4.69) is 28.5 Å². The van der Waals surface area contributed by atoms with E-state index in [1.807, 2.05) is 19.2 Å². The van der Waals surface area contributed by atoms with Gasteiger partial charge in [0.2, 0.25) is 0 Å². The van der Waals surface area contributed by atoms with E-state index in [9.17, 15) is 5.11 Å². The summed E-state index contributed by atoms with van der Waals surface area (Å²) in [5.41, 5.74) is 1.15. The van der Waals surface area contributed by atoms with Crippen LogP contribution in [0.4, 0.5) is 0 Å². The van der Waals surface area contributed by atoms with Gasteiger partial charge in [0.15, 0.2) is 0 Å². The van der Waals surface area contributed by atoms with Gasteiger partial charge in [0.1, 0.15) is 0 Å². The molecule has 1 unspecified atom stereocenters. The van der Waals surface area contributed by atoms with Gasteiger partial charge in [-0.05, 0) is 19.2 Å². The Hall–Kier alpha value is -0.970. The van der Waals surface area contributed by atoms with Crippen molar-refractivity contribution < 1.29 is 5.11 Å². The Bertz CT molecular complexity index is 422. The molecule has 0 bridgehead atoms. The van der Waals surface area contributed by atoms with Crippen molar-refractivity contribution in [2.24, 2.45) is 0 Å². The van der Waals surface area contributed by atoms with Gasteiger partial charge in [-0.25, -0.2) is 0 Å². The van der Waals surface area contributed by atoms with Crippen LogP contribution in [-0.4, -0.2) is 35.5 Å². The summed E-state index contributed by atoms with van der Waals surface area (Å²) in [6, 6.07) is 10.3. The third kappa shape index (κ3) is 2.78. The maximum atomic E-state index is 9.59. The van der Waals surface area contributed by atoms with Gasteiger partial charge in [-0.2, -0.15) is 0 Å². The van der Waals surface area contributed by atoms with E-state index in [1.54, 1.807) is 11.8 Å². The zero-order valence-corrected chi connectivity index (χ0v) is 10.1. The van der Waals surface area contributed by atoms with Gasteiger partial charge in [-0.3, -0.25) is 0 Å². The van der Waals surface area contributed by atoms with Gasteiger partial charge in [0, 0.05) is 23.2 Å². The molecular weight excluding hydrogens is 220 g/mol. The lowest BCUT2D eigenvalue weighted by atomic mass is 10.3. The maximum absolute atomic E-state index is 9.59. The lowest BCUT2D eigenvalue weighted by Gasteiger charge is -2.07. The molecule has 2 aromatic rings. The Morgan fingerprint density at radius 2 is 2.25 bits per heavy atom. The molecule has 0 aliphatic heterocycles. The van der Waals surface area contributed by atoms with Crippen molar-refractivity contribution in [3.63, 3.8) is 0 Å². The van der Waals surface area contributed by atoms with Crippen LogP contribution in [0.3, 0.4) is 0 Å². The highest BCUT2D eigenvalue weighted by atomic mass is 32.2. The molecule has 4 heteroatoms. The number of hydrogen-bond donors (Lipinski definition) is 3. The molecule has 0 saturated heterocycles. The van der Waals surface area contributed by atoms with Crippen molar-refractivity contribution in [2.45, 2.75) is 11.1 Å². The third-order valence-corrected chi connectivity index (χ3v) is 3.46. The number of aliphatic hydroxyl groups is 1. The second kappa shape index (κ2) is 5.39. The Morgan fingerprint density at radius 1 is 1.44 bits per heavy atom. The van der Waals surface area contributed by atoms with E-state index in [4.69, 9.17) is 0 Å². The van der Waals surface area contributed by atoms with Gasteiger partial charge >= 0.3 is 0 Å². The summed E-state index contributed by atoms with van der Waals surface area (Å²) in [6.07, 6.45) is -0.304. The molecule has 0 fully saturated rings. The lowest BCUT2D eigenvalue weighted by Crippen LogP contribution is -2.25. The lowest BCUT2D eigenvalue weighted by molar-refractivity contribution is 0.199. The third-order valence-electron chi connectivity index (χ3n) is 2.38. The summed E-state index contributed by atoms with van der Waals surface area (Å²) in [5.74, 6) is 0.702. The van der Waals surface area contributed by atoms with Crippen LogP contribution in [0.5, 0.6) is 0 Å². The van der Waals surface area contributed by atoms with E-state index in [-0.39, 0.29) is 6.10 Å². The van der Waals surface area contributed by atoms with Gasteiger partial charge in [-0.1, -0.05) is 18.2 Å². The molecule has 1 aromatic carbocycles. The van der Waals surface area contributed by atoms with Crippen molar-refractivity contribution >= 4 is 22.7 Å². The Balaban J connectivity index is 1.99. The zero-order chi connectivity index (χ0) is 11.4. The first-order chi connectivity index (χ1) is 7.79. The minimum atomic E-state index is -0.304. The van der Waals surface area contributed by atoms with Gasteiger partial charge in [0.25, 0.3) is 0 Å². The monoisotopic (exact) mass is 236 g/mol.